The summed E-state index contributed by atoms with van der Waals surface area (Å²) in [5, 5.41) is 13.3. The van der Waals surface area contributed by atoms with Crippen molar-refractivity contribution in [1.82, 2.24) is 14.7 Å². The second-order valence-electron chi connectivity index (χ2n) is 5.01. The summed E-state index contributed by atoms with van der Waals surface area (Å²) in [6.45, 7) is 2.92. The molecule has 0 radical (unpaired) electrons. The number of carboxylic acids is 1. The lowest BCUT2D eigenvalue weighted by molar-refractivity contribution is -0.154. The Hall–Kier alpha value is -1.85. The molecule has 0 bridgehead atoms. The Morgan fingerprint density at radius 3 is 2.89 bits per heavy atom. The number of rotatable bonds is 4. The van der Waals surface area contributed by atoms with Crippen LogP contribution in [-0.2, 0) is 16.1 Å². The van der Waals surface area contributed by atoms with E-state index in [0.29, 0.717) is 13.1 Å². The van der Waals surface area contributed by atoms with Crippen molar-refractivity contribution in [1.29, 1.82) is 0 Å². The maximum absolute atomic E-state index is 12.2. The lowest BCUT2D eigenvalue weighted by Gasteiger charge is -2.37. The van der Waals surface area contributed by atoms with Crippen molar-refractivity contribution in [2.24, 2.45) is 5.92 Å². The minimum absolute atomic E-state index is 0.0138. The van der Waals surface area contributed by atoms with E-state index in [1.54, 1.807) is 23.1 Å². The van der Waals surface area contributed by atoms with Gasteiger partial charge in [-0.05, 0) is 24.8 Å². The number of aromatic nitrogens is 2. The van der Waals surface area contributed by atoms with Crippen LogP contribution in [0.25, 0.3) is 0 Å². The van der Waals surface area contributed by atoms with Gasteiger partial charge in [0, 0.05) is 31.9 Å². The molecule has 1 aromatic heterocycles. The zero-order valence-electron chi connectivity index (χ0n) is 11.0. The highest BCUT2D eigenvalue weighted by Crippen LogP contribution is 2.24. The lowest BCUT2D eigenvalue weighted by Crippen LogP contribution is -2.52. The molecule has 2 atom stereocenters. The van der Waals surface area contributed by atoms with Crippen LogP contribution in [0.15, 0.2) is 18.5 Å². The van der Waals surface area contributed by atoms with Gasteiger partial charge in [0.25, 0.3) is 0 Å². The first-order valence-corrected chi connectivity index (χ1v) is 6.59. The predicted octanol–water partition coefficient (Wildman–Crippen LogP) is 0.985. The summed E-state index contributed by atoms with van der Waals surface area (Å²) in [6.07, 6.45) is 5.48. The average Bonchev–Trinajstić information content (AvgIpc) is 2.88. The van der Waals surface area contributed by atoms with Crippen molar-refractivity contribution in [3.05, 3.63) is 18.5 Å². The predicted molar refractivity (Wildman–Crippen MR) is 68.4 cm³/mol. The standard InChI is InChI=1S/C13H19N3O3/c1-10-4-2-8-16(12(10)13(18)19)11(17)5-9-15-7-3-6-14-15/h3,6-7,10,12H,2,4-5,8-9H2,1H3,(H,18,19). The number of hydrogen-bond acceptors (Lipinski definition) is 3. The number of aryl methyl sites for hydroxylation is 1. The first-order valence-electron chi connectivity index (χ1n) is 6.59. The van der Waals surface area contributed by atoms with Gasteiger partial charge in [-0.25, -0.2) is 4.79 Å². The SMILES string of the molecule is CC1CCCN(C(=O)CCn2cccn2)C1C(=O)O. The highest BCUT2D eigenvalue weighted by molar-refractivity contribution is 5.84. The number of piperidine rings is 1. The molecule has 1 amide bonds. The molecular formula is C13H19N3O3. The summed E-state index contributed by atoms with van der Waals surface area (Å²) < 4.78 is 1.68. The number of carbonyl (C=O) groups excluding carboxylic acids is 1. The van der Waals surface area contributed by atoms with Crippen molar-refractivity contribution in [3.63, 3.8) is 0 Å². The maximum Gasteiger partial charge on any atom is 0.326 e. The summed E-state index contributed by atoms with van der Waals surface area (Å²) in [4.78, 5) is 25.0. The zero-order chi connectivity index (χ0) is 13.8. The molecule has 2 unspecified atom stereocenters. The number of likely N-dealkylation sites (tertiary alicyclic amines) is 1. The fourth-order valence-corrected chi connectivity index (χ4v) is 2.63. The smallest absolute Gasteiger partial charge is 0.326 e. The van der Waals surface area contributed by atoms with E-state index in [1.807, 2.05) is 6.92 Å². The van der Waals surface area contributed by atoms with Crippen LogP contribution < -0.4 is 0 Å². The maximum atomic E-state index is 12.2. The molecule has 19 heavy (non-hydrogen) atoms. The van der Waals surface area contributed by atoms with E-state index in [1.165, 1.54) is 4.90 Å². The number of aliphatic carboxylic acids is 1. The second-order valence-corrected chi connectivity index (χ2v) is 5.01. The van der Waals surface area contributed by atoms with Gasteiger partial charge >= 0.3 is 5.97 Å². The quantitative estimate of drug-likeness (QED) is 0.880. The zero-order valence-corrected chi connectivity index (χ0v) is 11.0. The van der Waals surface area contributed by atoms with E-state index in [2.05, 4.69) is 5.10 Å². The molecule has 104 valence electrons. The highest BCUT2D eigenvalue weighted by Gasteiger charge is 2.36. The normalized spacial score (nSPS) is 23.3. The van der Waals surface area contributed by atoms with E-state index in [0.717, 1.165) is 12.8 Å². The minimum Gasteiger partial charge on any atom is -0.480 e. The monoisotopic (exact) mass is 265 g/mol. The largest absolute Gasteiger partial charge is 0.480 e. The average molecular weight is 265 g/mol. The summed E-state index contributed by atoms with van der Waals surface area (Å²) in [5.74, 6) is -0.992. The van der Waals surface area contributed by atoms with Crippen LogP contribution >= 0.6 is 0 Å². The van der Waals surface area contributed by atoms with Crippen molar-refractivity contribution in [2.45, 2.75) is 38.8 Å². The molecule has 0 saturated carbocycles. The molecule has 1 N–H and O–H groups in total. The van der Waals surface area contributed by atoms with Gasteiger partial charge in [0.15, 0.2) is 0 Å². The van der Waals surface area contributed by atoms with Crippen molar-refractivity contribution in [3.8, 4) is 0 Å². The molecule has 1 aliphatic heterocycles. The Morgan fingerprint density at radius 1 is 1.47 bits per heavy atom. The number of carbonyl (C=O) groups is 2. The van der Waals surface area contributed by atoms with Crippen LogP contribution in [0.4, 0.5) is 0 Å². The van der Waals surface area contributed by atoms with Gasteiger partial charge in [0.1, 0.15) is 6.04 Å². The summed E-state index contributed by atoms with van der Waals surface area (Å²) >= 11 is 0. The third-order valence-electron chi connectivity index (χ3n) is 3.62. The fraction of sp³-hybridized carbons (Fsp3) is 0.615. The minimum atomic E-state index is -0.903. The Kier molecular flexibility index (Phi) is 4.19. The van der Waals surface area contributed by atoms with E-state index >= 15 is 0 Å². The van der Waals surface area contributed by atoms with E-state index in [4.69, 9.17) is 0 Å². The second kappa shape index (κ2) is 5.86. The number of hydrogen-bond donors (Lipinski definition) is 1. The topological polar surface area (TPSA) is 75.4 Å². The van der Waals surface area contributed by atoms with E-state index in [9.17, 15) is 14.7 Å². The Bertz CT molecular complexity index is 444. The van der Waals surface area contributed by atoms with Crippen molar-refractivity contribution < 1.29 is 14.7 Å². The molecule has 0 spiro atoms. The first kappa shape index (κ1) is 13.6. The summed E-state index contributed by atoms with van der Waals surface area (Å²) in [6, 6.07) is 1.12. The molecule has 6 nitrogen and oxygen atoms in total. The van der Waals surface area contributed by atoms with Gasteiger partial charge < -0.3 is 10.0 Å². The van der Waals surface area contributed by atoms with Crippen LogP contribution in [0.3, 0.4) is 0 Å². The summed E-state index contributed by atoms with van der Waals surface area (Å²) in [7, 11) is 0. The number of carboxylic acid groups (broad SMARTS) is 1. The fourth-order valence-electron chi connectivity index (χ4n) is 2.63. The molecule has 2 rings (SSSR count). The molecule has 1 fully saturated rings. The van der Waals surface area contributed by atoms with Gasteiger partial charge in [-0.2, -0.15) is 5.10 Å². The molecule has 0 aliphatic carbocycles. The van der Waals surface area contributed by atoms with Crippen LogP contribution in [-0.4, -0.2) is 44.3 Å². The van der Waals surface area contributed by atoms with E-state index < -0.39 is 12.0 Å². The highest BCUT2D eigenvalue weighted by atomic mass is 16.4. The third-order valence-corrected chi connectivity index (χ3v) is 3.62. The van der Waals surface area contributed by atoms with Crippen LogP contribution in [0.2, 0.25) is 0 Å². The first-order chi connectivity index (χ1) is 9.09. The van der Waals surface area contributed by atoms with Crippen molar-refractivity contribution in [2.75, 3.05) is 6.54 Å². The molecule has 1 aromatic rings. The Balaban J connectivity index is 1.97. The lowest BCUT2D eigenvalue weighted by atomic mass is 9.90. The molecule has 1 saturated heterocycles. The molecular weight excluding hydrogens is 246 g/mol. The molecule has 2 heterocycles. The van der Waals surface area contributed by atoms with Gasteiger partial charge in [-0.3, -0.25) is 9.48 Å². The number of amides is 1. The van der Waals surface area contributed by atoms with Gasteiger partial charge in [0.05, 0.1) is 0 Å². The van der Waals surface area contributed by atoms with Gasteiger partial charge in [0.2, 0.25) is 5.91 Å². The number of nitrogens with zero attached hydrogens (tertiary/aromatic N) is 3. The Morgan fingerprint density at radius 2 is 2.26 bits per heavy atom. The molecule has 1 aliphatic rings. The van der Waals surface area contributed by atoms with Crippen molar-refractivity contribution >= 4 is 11.9 Å². The van der Waals surface area contributed by atoms with Crippen LogP contribution in [0.1, 0.15) is 26.2 Å². The molecule has 0 aromatic carbocycles. The van der Waals surface area contributed by atoms with Crippen LogP contribution in [0, 0.1) is 5.92 Å². The van der Waals surface area contributed by atoms with Gasteiger partial charge in [-0.15, -0.1) is 0 Å². The Labute approximate surface area is 112 Å². The third kappa shape index (κ3) is 3.13. The van der Waals surface area contributed by atoms with E-state index in [-0.39, 0.29) is 18.2 Å². The van der Waals surface area contributed by atoms with Crippen LogP contribution in [0.5, 0.6) is 0 Å². The molecule has 6 heteroatoms. The summed E-state index contributed by atoms with van der Waals surface area (Å²) in [5.41, 5.74) is 0. The van der Waals surface area contributed by atoms with Gasteiger partial charge in [-0.1, -0.05) is 6.92 Å².